The molecule has 2 aliphatic heterocycles. The van der Waals surface area contributed by atoms with E-state index in [0.29, 0.717) is 35.8 Å². The summed E-state index contributed by atoms with van der Waals surface area (Å²) in [6, 6.07) is 17.3. The number of hydrogen-bond donors (Lipinski definition) is 2. The lowest BCUT2D eigenvalue weighted by molar-refractivity contribution is -0.129. The summed E-state index contributed by atoms with van der Waals surface area (Å²) in [6.07, 6.45) is 8.78. The van der Waals surface area contributed by atoms with Gasteiger partial charge in [0.15, 0.2) is 0 Å². The van der Waals surface area contributed by atoms with E-state index < -0.39 is 0 Å². The number of benzene rings is 2. The van der Waals surface area contributed by atoms with Gasteiger partial charge in [0, 0.05) is 33.8 Å². The SMILES string of the molecule is CC(=O)N1CCc2c(sc(NC(=O)CSc3cccc(NC(=O)N4c5ccccc5SC5C=CC=CC54)c3)c2C#N)C1. The first-order valence-electron chi connectivity index (χ1n) is 13.4. The number of anilines is 3. The quantitative estimate of drug-likeness (QED) is 0.329. The molecule has 1 aromatic heterocycles. The molecule has 6 rings (SSSR count). The Morgan fingerprint density at radius 1 is 1.10 bits per heavy atom. The first-order chi connectivity index (χ1) is 20.4. The Morgan fingerprint density at radius 3 is 2.76 bits per heavy atom. The van der Waals surface area contributed by atoms with E-state index in [2.05, 4.69) is 28.9 Å². The highest BCUT2D eigenvalue weighted by Crippen LogP contribution is 2.44. The summed E-state index contributed by atoms with van der Waals surface area (Å²) in [5.74, 6) is -0.0828. The van der Waals surface area contributed by atoms with Crippen LogP contribution in [0.4, 0.5) is 21.2 Å². The summed E-state index contributed by atoms with van der Waals surface area (Å²) in [5, 5.41) is 16.4. The highest BCUT2D eigenvalue weighted by Gasteiger charge is 2.36. The Hall–Kier alpha value is -3.98. The number of amides is 4. The van der Waals surface area contributed by atoms with Crippen LogP contribution >= 0.6 is 34.9 Å². The largest absolute Gasteiger partial charge is 0.337 e. The van der Waals surface area contributed by atoms with Crippen molar-refractivity contribution in [2.45, 2.75) is 41.0 Å². The third-order valence-corrected chi connectivity index (χ3v) is 10.7. The number of fused-ring (bicyclic) bond motifs is 3. The maximum absolute atomic E-state index is 13.6. The molecule has 3 aromatic rings. The van der Waals surface area contributed by atoms with Gasteiger partial charge in [-0.3, -0.25) is 14.5 Å². The van der Waals surface area contributed by atoms with Crippen LogP contribution < -0.4 is 15.5 Å². The van der Waals surface area contributed by atoms with Gasteiger partial charge in [-0.2, -0.15) is 5.26 Å². The van der Waals surface area contributed by atoms with Crippen molar-refractivity contribution < 1.29 is 14.4 Å². The molecular weight excluding hydrogens is 587 g/mol. The van der Waals surface area contributed by atoms with Crippen LogP contribution in [0.2, 0.25) is 0 Å². The minimum absolute atomic E-state index is 0.000108. The molecule has 0 radical (unpaired) electrons. The first kappa shape index (κ1) is 28.2. The molecule has 2 atom stereocenters. The molecule has 212 valence electrons. The van der Waals surface area contributed by atoms with Crippen LogP contribution in [0.5, 0.6) is 0 Å². The summed E-state index contributed by atoms with van der Waals surface area (Å²) in [5.41, 5.74) is 2.93. The number of allylic oxidation sites excluding steroid dienone is 2. The minimum Gasteiger partial charge on any atom is -0.337 e. The van der Waals surface area contributed by atoms with Gasteiger partial charge in [-0.15, -0.1) is 34.9 Å². The molecule has 11 heteroatoms. The van der Waals surface area contributed by atoms with Crippen molar-refractivity contribution in [1.82, 2.24) is 4.90 Å². The fraction of sp³-hybridized carbons (Fsp3) is 0.226. The maximum atomic E-state index is 13.6. The molecule has 0 spiro atoms. The number of rotatable bonds is 5. The molecule has 2 N–H and O–H groups in total. The molecule has 2 unspecified atom stereocenters. The number of carbonyl (C=O) groups excluding carboxylic acids is 3. The highest BCUT2D eigenvalue weighted by molar-refractivity contribution is 8.00. The lowest BCUT2D eigenvalue weighted by atomic mass is 10.0. The van der Waals surface area contributed by atoms with E-state index in [1.807, 2.05) is 65.6 Å². The van der Waals surface area contributed by atoms with E-state index in [4.69, 9.17) is 0 Å². The molecule has 0 saturated carbocycles. The Bertz CT molecular complexity index is 1670. The number of para-hydroxylation sites is 1. The van der Waals surface area contributed by atoms with Crippen molar-refractivity contribution in [1.29, 1.82) is 5.26 Å². The molecule has 0 saturated heterocycles. The zero-order valence-electron chi connectivity index (χ0n) is 22.7. The van der Waals surface area contributed by atoms with Gasteiger partial charge in [-0.1, -0.05) is 42.5 Å². The average Bonchev–Trinajstić information content (AvgIpc) is 3.34. The number of thiophene rings is 1. The van der Waals surface area contributed by atoms with Gasteiger partial charge >= 0.3 is 6.03 Å². The summed E-state index contributed by atoms with van der Waals surface area (Å²) in [4.78, 5) is 44.7. The van der Waals surface area contributed by atoms with Crippen molar-refractivity contribution in [2.24, 2.45) is 0 Å². The number of nitrogens with zero attached hydrogens (tertiary/aromatic N) is 3. The zero-order chi connectivity index (χ0) is 29.2. The number of nitrogens with one attached hydrogen (secondary N) is 2. The first-order valence-corrected chi connectivity index (χ1v) is 16.1. The van der Waals surface area contributed by atoms with Crippen LogP contribution in [-0.4, -0.2) is 46.3 Å². The van der Waals surface area contributed by atoms with E-state index >= 15 is 0 Å². The summed E-state index contributed by atoms with van der Waals surface area (Å²) in [6.45, 7) is 2.57. The van der Waals surface area contributed by atoms with Gasteiger partial charge in [-0.25, -0.2) is 4.79 Å². The molecule has 8 nitrogen and oxygen atoms in total. The van der Waals surface area contributed by atoms with E-state index in [0.717, 1.165) is 25.9 Å². The standard InChI is InChI=1S/C31H27N5O3S3/c1-19(37)35-14-13-22-23(16-32)30(42-28(22)17-35)34-29(38)18-40-21-8-6-7-20(15-21)33-31(39)36-24-9-2-4-11-26(24)41-27-12-5-3-10-25(27)36/h2-12,15,24,26H,13-14,17-18H2,1H3,(H,33,39)(H,34,38). The smallest absolute Gasteiger partial charge is 0.326 e. The molecule has 4 amide bonds. The van der Waals surface area contributed by atoms with Crippen LogP contribution in [0.1, 0.15) is 22.9 Å². The fourth-order valence-corrected chi connectivity index (χ4v) is 8.51. The van der Waals surface area contributed by atoms with Crippen LogP contribution in [-0.2, 0) is 22.6 Å². The molecule has 3 aliphatic rings. The molecule has 42 heavy (non-hydrogen) atoms. The average molecular weight is 614 g/mol. The third kappa shape index (κ3) is 5.70. The third-order valence-electron chi connectivity index (χ3n) is 7.28. The Labute approximate surface area is 256 Å². The van der Waals surface area contributed by atoms with Crippen molar-refractivity contribution in [3.05, 3.63) is 88.8 Å². The lowest BCUT2D eigenvalue weighted by Crippen LogP contribution is -2.49. The van der Waals surface area contributed by atoms with Gasteiger partial charge in [0.1, 0.15) is 11.1 Å². The van der Waals surface area contributed by atoms with Gasteiger partial charge < -0.3 is 15.5 Å². The van der Waals surface area contributed by atoms with Gasteiger partial charge in [0.2, 0.25) is 11.8 Å². The van der Waals surface area contributed by atoms with Gasteiger partial charge in [0.05, 0.1) is 34.8 Å². The Kier molecular flexibility index (Phi) is 8.11. The molecule has 0 fully saturated rings. The van der Waals surface area contributed by atoms with E-state index in [9.17, 15) is 19.6 Å². The van der Waals surface area contributed by atoms with Crippen molar-refractivity contribution in [2.75, 3.05) is 27.8 Å². The summed E-state index contributed by atoms with van der Waals surface area (Å²) in [7, 11) is 0. The molecular formula is C31H27N5O3S3. The Morgan fingerprint density at radius 2 is 1.93 bits per heavy atom. The van der Waals surface area contributed by atoms with Crippen LogP contribution in [0, 0.1) is 11.3 Å². The molecule has 2 aromatic carbocycles. The predicted molar refractivity (Wildman–Crippen MR) is 169 cm³/mol. The van der Waals surface area contributed by atoms with Crippen molar-refractivity contribution >= 4 is 69.1 Å². The maximum Gasteiger partial charge on any atom is 0.326 e. The second-order valence-electron chi connectivity index (χ2n) is 9.99. The second-order valence-corrected chi connectivity index (χ2v) is 13.4. The van der Waals surface area contributed by atoms with E-state index in [1.165, 1.54) is 30.0 Å². The topological polar surface area (TPSA) is 106 Å². The fourth-order valence-electron chi connectivity index (χ4n) is 5.26. The van der Waals surface area contributed by atoms with Crippen molar-refractivity contribution in [3.63, 3.8) is 0 Å². The summed E-state index contributed by atoms with van der Waals surface area (Å²) < 4.78 is 0. The van der Waals surface area contributed by atoms with Crippen LogP contribution in [0.15, 0.2) is 82.6 Å². The molecule has 1 aliphatic carbocycles. The number of thioether (sulfide) groups is 2. The zero-order valence-corrected chi connectivity index (χ0v) is 25.2. The number of carbonyl (C=O) groups is 3. The van der Waals surface area contributed by atoms with Gasteiger partial charge in [-0.05, 0) is 42.3 Å². The predicted octanol–water partition coefficient (Wildman–Crippen LogP) is 6.26. The minimum atomic E-state index is -0.224. The molecule has 0 bridgehead atoms. The van der Waals surface area contributed by atoms with Crippen LogP contribution in [0.25, 0.3) is 0 Å². The lowest BCUT2D eigenvalue weighted by Gasteiger charge is -2.40. The normalized spacial score (nSPS) is 18.4. The number of urea groups is 1. The Balaban J connectivity index is 1.11. The van der Waals surface area contributed by atoms with Crippen molar-refractivity contribution in [3.8, 4) is 6.07 Å². The monoisotopic (exact) mass is 613 g/mol. The van der Waals surface area contributed by atoms with Gasteiger partial charge in [0.25, 0.3) is 0 Å². The van der Waals surface area contributed by atoms with E-state index in [1.54, 1.807) is 16.7 Å². The second kappa shape index (κ2) is 12.1. The van der Waals surface area contributed by atoms with E-state index in [-0.39, 0.29) is 34.9 Å². The number of hydrogen-bond acceptors (Lipinski definition) is 7. The van der Waals surface area contributed by atoms with Crippen LogP contribution in [0.3, 0.4) is 0 Å². The molecule has 3 heterocycles. The number of nitriles is 1. The highest BCUT2D eigenvalue weighted by atomic mass is 32.2. The summed E-state index contributed by atoms with van der Waals surface area (Å²) >= 11 is 4.47.